The molecule has 0 atom stereocenters. The smallest absolute Gasteiger partial charge is 0.243 e. The summed E-state index contributed by atoms with van der Waals surface area (Å²) < 4.78 is 26.8. The van der Waals surface area contributed by atoms with Crippen LogP contribution in [0.4, 0.5) is 0 Å². The van der Waals surface area contributed by atoms with Crippen LogP contribution in [0.2, 0.25) is 0 Å². The van der Waals surface area contributed by atoms with Crippen LogP contribution in [0.25, 0.3) is 0 Å². The Morgan fingerprint density at radius 1 is 1.30 bits per heavy atom. The van der Waals surface area contributed by atoms with Crippen molar-refractivity contribution in [1.82, 2.24) is 14.5 Å². The highest BCUT2D eigenvalue weighted by Crippen LogP contribution is 2.23. The van der Waals surface area contributed by atoms with E-state index in [4.69, 9.17) is 0 Å². The van der Waals surface area contributed by atoms with Crippen molar-refractivity contribution in [3.63, 3.8) is 0 Å². The number of thiophene rings is 1. The van der Waals surface area contributed by atoms with Gasteiger partial charge in [-0.1, -0.05) is 0 Å². The van der Waals surface area contributed by atoms with Crippen LogP contribution in [0.3, 0.4) is 0 Å². The third-order valence-electron chi connectivity index (χ3n) is 3.62. The molecule has 0 unspecified atom stereocenters. The lowest BCUT2D eigenvalue weighted by Gasteiger charge is -2.36. The second-order valence-electron chi connectivity index (χ2n) is 5.31. The van der Waals surface area contributed by atoms with E-state index in [1.54, 1.807) is 15.8 Å². The molecule has 0 aromatic carbocycles. The Kier molecular flexibility index (Phi) is 5.19. The van der Waals surface area contributed by atoms with Crippen molar-refractivity contribution in [3.05, 3.63) is 16.3 Å². The molecule has 0 spiro atoms. The van der Waals surface area contributed by atoms with Crippen LogP contribution in [0.5, 0.6) is 0 Å². The first kappa shape index (κ1) is 15.9. The Morgan fingerprint density at radius 2 is 1.95 bits per heavy atom. The summed E-state index contributed by atoms with van der Waals surface area (Å²) in [5.41, 5.74) is 0. The highest BCUT2D eigenvalue weighted by Gasteiger charge is 2.29. The Labute approximate surface area is 125 Å². The maximum absolute atomic E-state index is 12.6. The van der Waals surface area contributed by atoms with Gasteiger partial charge in [-0.2, -0.15) is 4.31 Å². The average Bonchev–Trinajstić information content (AvgIpc) is 2.88. The van der Waals surface area contributed by atoms with E-state index in [0.717, 1.165) is 18.0 Å². The Morgan fingerprint density at radius 3 is 2.50 bits per heavy atom. The van der Waals surface area contributed by atoms with Gasteiger partial charge in [0.15, 0.2) is 0 Å². The first-order valence-electron chi connectivity index (χ1n) is 6.91. The predicted molar refractivity (Wildman–Crippen MR) is 82.6 cm³/mol. The van der Waals surface area contributed by atoms with Gasteiger partial charge < -0.3 is 5.32 Å². The van der Waals surface area contributed by atoms with E-state index in [-0.39, 0.29) is 0 Å². The van der Waals surface area contributed by atoms with Gasteiger partial charge in [0.05, 0.1) is 4.90 Å². The molecule has 0 radical (unpaired) electrons. The van der Waals surface area contributed by atoms with Gasteiger partial charge in [0.25, 0.3) is 0 Å². The van der Waals surface area contributed by atoms with E-state index < -0.39 is 10.0 Å². The minimum atomic E-state index is -3.32. The molecule has 1 fully saturated rings. The largest absolute Gasteiger partial charge is 0.315 e. The summed E-state index contributed by atoms with van der Waals surface area (Å²) in [6.07, 6.45) is 0. The molecule has 1 aromatic heterocycles. The Hall–Kier alpha value is -0.470. The first-order chi connectivity index (χ1) is 9.45. The normalized spacial score (nSPS) is 18.8. The molecular formula is C13H23N3O2S2. The molecule has 5 nitrogen and oxygen atoms in total. The van der Waals surface area contributed by atoms with Crippen molar-refractivity contribution >= 4 is 21.4 Å². The van der Waals surface area contributed by atoms with Crippen molar-refractivity contribution in [1.29, 1.82) is 0 Å². The second kappa shape index (κ2) is 6.53. The van der Waals surface area contributed by atoms with E-state index in [2.05, 4.69) is 24.1 Å². The fourth-order valence-electron chi connectivity index (χ4n) is 2.37. The number of sulfonamides is 1. The topological polar surface area (TPSA) is 52.7 Å². The molecule has 1 aliphatic rings. The third kappa shape index (κ3) is 3.40. The lowest BCUT2D eigenvalue weighted by molar-refractivity contribution is 0.154. The van der Waals surface area contributed by atoms with Gasteiger partial charge in [0.2, 0.25) is 10.0 Å². The SMILES string of the molecule is CNCc1cc(S(=O)(=O)N2CCN(C(C)C)CC2)cs1. The fourth-order valence-corrected chi connectivity index (χ4v) is 5.07. The van der Waals surface area contributed by atoms with Gasteiger partial charge in [0, 0.05) is 49.0 Å². The van der Waals surface area contributed by atoms with E-state index in [1.165, 1.54) is 11.3 Å². The average molecular weight is 317 g/mol. The van der Waals surface area contributed by atoms with Crippen LogP contribution < -0.4 is 5.32 Å². The molecule has 2 heterocycles. The molecule has 7 heteroatoms. The van der Waals surface area contributed by atoms with E-state index >= 15 is 0 Å². The second-order valence-corrected chi connectivity index (χ2v) is 8.25. The maximum Gasteiger partial charge on any atom is 0.243 e. The molecular weight excluding hydrogens is 294 g/mol. The number of nitrogens with zero attached hydrogens (tertiary/aromatic N) is 2. The minimum Gasteiger partial charge on any atom is -0.315 e. The molecule has 0 saturated carbocycles. The molecule has 0 bridgehead atoms. The number of piperazine rings is 1. The van der Waals surface area contributed by atoms with Gasteiger partial charge in [-0.15, -0.1) is 11.3 Å². The van der Waals surface area contributed by atoms with Crippen molar-refractivity contribution in [2.45, 2.75) is 31.3 Å². The summed E-state index contributed by atoms with van der Waals surface area (Å²) in [5.74, 6) is 0. The quantitative estimate of drug-likeness (QED) is 0.886. The molecule has 2 rings (SSSR count). The highest BCUT2D eigenvalue weighted by atomic mass is 32.2. The standard InChI is InChI=1S/C13H23N3O2S2/c1-11(2)15-4-6-16(7-5-15)20(17,18)13-8-12(9-14-3)19-10-13/h8,10-11,14H,4-7,9H2,1-3H3. The number of rotatable bonds is 5. The van der Waals surface area contributed by atoms with Crippen LogP contribution >= 0.6 is 11.3 Å². The lowest BCUT2D eigenvalue weighted by Crippen LogP contribution is -2.50. The van der Waals surface area contributed by atoms with E-state index in [1.807, 2.05) is 7.05 Å². The van der Waals surface area contributed by atoms with Crippen molar-refractivity contribution in [2.24, 2.45) is 0 Å². The zero-order valence-electron chi connectivity index (χ0n) is 12.3. The van der Waals surface area contributed by atoms with Gasteiger partial charge in [-0.3, -0.25) is 4.90 Å². The fraction of sp³-hybridized carbons (Fsp3) is 0.692. The molecule has 0 amide bonds. The summed E-state index contributed by atoms with van der Waals surface area (Å²) in [5, 5.41) is 4.79. The van der Waals surface area contributed by atoms with Crippen LogP contribution in [-0.4, -0.2) is 56.9 Å². The van der Waals surface area contributed by atoms with Crippen LogP contribution in [0, 0.1) is 0 Å². The van der Waals surface area contributed by atoms with Crippen molar-refractivity contribution in [3.8, 4) is 0 Å². The Bertz CT molecular complexity index is 532. The maximum atomic E-state index is 12.6. The van der Waals surface area contributed by atoms with Gasteiger partial charge >= 0.3 is 0 Å². The molecule has 1 N–H and O–H groups in total. The third-order valence-corrected chi connectivity index (χ3v) is 6.58. The van der Waals surface area contributed by atoms with Gasteiger partial charge in [-0.25, -0.2) is 8.42 Å². The van der Waals surface area contributed by atoms with Crippen LogP contribution in [0.1, 0.15) is 18.7 Å². The molecule has 1 aliphatic heterocycles. The predicted octanol–water partition coefficient (Wildman–Crippen LogP) is 1.18. The van der Waals surface area contributed by atoms with E-state index in [0.29, 0.717) is 30.6 Å². The Balaban J connectivity index is 2.07. The summed E-state index contributed by atoms with van der Waals surface area (Å²) in [4.78, 5) is 3.80. The molecule has 1 aromatic rings. The van der Waals surface area contributed by atoms with Gasteiger partial charge in [0.1, 0.15) is 0 Å². The van der Waals surface area contributed by atoms with E-state index in [9.17, 15) is 8.42 Å². The zero-order valence-corrected chi connectivity index (χ0v) is 13.9. The van der Waals surface area contributed by atoms with Crippen molar-refractivity contribution in [2.75, 3.05) is 33.2 Å². The number of nitrogens with one attached hydrogen (secondary N) is 1. The lowest BCUT2D eigenvalue weighted by atomic mass is 10.3. The molecule has 20 heavy (non-hydrogen) atoms. The first-order valence-corrected chi connectivity index (χ1v) is 9.23. The zero-order chi connectivity index (χ0) is 14.8. The summed E-state index contributed by atoms with van der Waals surface area (Å²) >= 11 is 1.49. The van der Waals surface area contributed by atoms with Gasteiger partial charge in [-0.05, 0) is 27.0 Å². The monoisotopic (exact) mass is 317 g/mol. The molecule has 0 aliphatic carbocycles. The van der Waals surface area contributed by atoms with Crippen molar-refractivity contribution < 1.29 is 8.42 Å². The van der Waals surface area contributed by atoms with Crippen LogP contribution in [0.15, 0.2) is 16.3 Å². The molecule has 1 saturated heterocycles. The molecule has 114 valence electrons. The number of hydrogen-bond acceptors (Lipinski definition) is 5. The summed E-state index contributed by atoms with van der Waals surface area (Å²) in [7, 11) is -1.46. The van der Waals surface area contributed by atoms with Crippen LogP contribution in [-0.2, 0) is 16.6 Å². The summed E-state index contributed by atoms with van der Waals surface area (Å²) in [6.45, 7) is 7.78. The number of hydrogen-bond donors (Lipinski definition) is 1. The highest BCUT2D eigenvalue weighted by molar-refractivity contribution is 7.89. The minimum absolute atomic E-state index is 0.436. The summed E-state index contributed by atoms with van der Waals surface area (Å²) in [6, 6.07) is 2.26.